The van der Waals surface area contributed by atoms with Gasteiger partial charge in [-0.1, -0.05) is 29.8 Å². The van der Waals surface area contributed by atoms with Crippen molar-refractivity contribution in [2.75, 3.05) is 0 Å². The number of halogens is 8. The van der Waals surface area contributed by atoms with Crippen molar-refractivity contribution in [1.82, 2.24) is 14.3 Å². The van der Waals surface area contributed by atoms with Gasteiger partial charge in [-0.2, -0.15) is 26.3 Å². The van der Waals surface area contributed by atoms with Gasteiger partial charge in [-0.15, -0.1) is 5.10 Å². The largest absolute Gasteiger partial charge is 0.417 e. The summed E-state index contributed by atoms with van der Waals surface area (Å²) in [6.45, 7) is -1.65. The van der Waals surface area contributed by atoms with Crippen molar-refractivity contribution in [3.8, 4) is 22.5 Å². The third-order valence-corrected chi connectivity index (χ3v) is 5.84. The Kier molecular flexibility index (Phi) is 7.39. The lowest BCUT2D eigenvalue weighted by Gasteiger charge is -2.15. The number of nitrogens with zero attached hydrogens (tertiary/aromatic N) is 3. The smallest absolute Gasteiger partial charge is 0.382 e. The molecule has 0 saturated carbocycles. The second-order valence-corrected chi connectivity index (χ2v) is 8.77. The third kappa shape index (κ3) is 5.91. The van der Waals surface area contributed by atoms with Gasteiger partial charge >= 0.3 is 18.0 Å². The zero-order valence-corrected chi connectivity index (χ0v) is 19.8. The molecule has 1 aromatic heterocycles. The lowest BCUT2D eigenvalue weighted by Crippen LogP contribution is -2.37. The van der Waals surface area contributed by atoms with Crippen molar-refractivity contribution in [2.45, 2.75) is 31.5 Å². The fourth-order valence-electron chi connectivity index (χ4n) is 3.85. The molecule has 0 aliphatic rings. The van der Waals surface area contributed by atoms with Crippen LogP contribution in [0.15, 0.2) is 71.5 Å². The Balaban J connectivity index is 1.78. The number of alkyl halides is 6. The molecular formula is C25H17ClF7N3O2. The summed E-state index contributed by atoms with van der Waals surface area (Å²) in [5, 5.41) is 14.0. The van der Waals surface area contributed by atoms with Gasteiger partial charge in [0.2, 0.25) is 0 Å². The maximum absolute atomic E-state index is 14.5. The van der Waals surface area contributed by atoms with Crippen molar-refractivity contribution in [3.63, 3.8) is 0 Å². The van der Waals surface area contributed by atoms with E-state index in [1.54, 1.807) is 0 Å². The number of aliphatic hydroxyl groups is 1. The maximum Gasteiger partial charge on any atom is 0.417 e. The Morgan fingerprint density at radius 1 is 0.921 bits per heavy atom. The van der Waals surface area contributed by atoms with Crippen LogP contribution in [-0.2, 0) is 19.3 Å². The van der Waals surface area contributed by atoms with Crippen LogP contribution < -0.4 is 5.69 Å². The van der Waals surface area contributed by atoms with E-state index in [1.807, 2.05) is 0 Å². The topological polar surface area (TPSA) is 60.0 Å². The molecule has 38 heavy (non-hydrogen) atoms. The van der Waals surface area contributed by atoms with Gasteiger partial charge in [-0.05, 0) is 65.2 Å². The molecule has 1 atom stereocenters. The quantitative estimate of drug-likeness (QED) is 0.288. The Bertz CT molecular complexity index is 1510. The van der Waals surface area contributed by atoms with Crippen molar-refractivity contribution < 1.29 is 35.8 Å². The highest BCUT2D eigenvalue weighted by Crippen LogP contribution is 2.37. The number of aliphatic hydroxyl groups excluding tert-OH is 1. The molecule has 1 N–H and O–H groups in total. The Morgan fingerprint density at radius 3 is 2.21 bits per heavy atom. The Morgan fingerprint density at radius 2 is 1.58 bits per heavy atom. The number of rotatable bonds is 6. The zero-order chi connectivity index (χ0) is 27.8. The van der Waals surface area contributed by atoms with E-state index >= 15 is 0 Å². The summed E-state index contributed by atoms with van der Waals surface area (Å²) < 4.78 is 95.4. The van der Waals surface area contributed by atoms with Gasteiger partial charge in [0, 0.05) is 10.6 Å². The first-order chi connectivity index (χ1) is 17.7. The summed E-state index contributed by atoms with van der Waals surface area (Å²) in [5.74, 6) is -1.12. The molecule has 13 heteroatoms. The Hall–Kier alpha value is -3.64. The number of benzene rings is 3. The SMILES string of the molecule is O=c1n(Cc2cc(F)cc(-c3ccccc3C(F)(F)F)c2)nc(-c2ccc(Cl)cc2)n1C[C@H](O)C(F)(F)F. The fraction of sp³-hybridized carbons (Fsp3) is 0.200. The fourth-order valence-corrected chi connectivity index (χ4v) is 3.98. The second kappa shape index (κ2) is 10.3. The molecule has 0 spiro atoms. The minimum atomic E-state index is -5.03. The molecule has 0 radical (unpaired) electrons. The Labute approximate surface area is 215 Å². The van der Waals surface area contributed by atoms with Gasteiger partial charge in [0.05, 0.1) is 18.7 Å². The van der Waals surface area contributed by atoms with E-state index in [-0.39, 0.29) is 28.1 Å². The molecule has 4 rings (SSSR count). The number of aromatic nitrogens is 3. The average Bonchev–Trinajstić information content (AvgIpc) is 3.13. The predicted molar refractivity (Wildman–Crippen MR) is 125 cm³/mol. The number of hydrogen-bond donors (Lipinski definition) is 1. The van der Waals surface area contributed by atoms with Crippen molar-refractivity contribution >= 4 is 11.6 Å². The second-order valence-electron chi connectivity index (χ2n) is 8.33. The molecular weight excluding hydrogens is 543 g/mol. The van der Waals surface area contributed by atoms with Crippen molar-refractivity contribution in [1.29, 1.82) is 0 Å². The predicted octanol–water partition coefficient (Wildman–Crippen LogP) is 6.16. The van der Waals surface area contributed by atoms with Gasteiger partial charge in [-0.3, -0.25) is 4.57 Å². The first-order valence-electron chi connectivity index (χ1n) is 10.9. The summed E-state index contributed by atoms with van der Waals surface area (Å²) >= 11 is 5.86. The number of hydrogen-bond acceptors (Lipinski definition) is 3. The molecule has 1 heterocycles. The normalized spacial score (nSPS) is 13.1. The van der Waals surface area contributed by atoms with E-state index in [0.717, 1.165) is 22.9 Å². The molecule has 0 aliphatic carbocycles. The van der Waals surface area contributed by atoms with Gasteiger partial charge < -0.3 is 5.11 Å². The van der Waals surface area contributed by atoms with Crippen LogP contribution in [0.3, 0.4) is 0 Å². The highest BCUT2D eigenvalue weighted by molar-refractivity contribution is 6.30. The van der Waals surface area contributed by atoms with E-state index in [0.29, 0.717) is 9.59 Å². The summed E-state index contributed by atoms with van der Waals surface area (Å²) in [6, 6.07) is 13.3. The highest BCUT2D eigenvalue weighted by atomic mass is 35.5. The monoisotopic (exact) mass is 559 g/mol. The van der Waals surface area contributed by atoms with E-state index in [1.165, 1.54) is 48.5 Å². The molecule has 0 amide bonds. The van der Waals surface area contributed by atoms with Crippen LogP contribution in [0.2, 0.25) is 5.02 Å². The van der Waals surface area contributed by atoms with E-state index in [2.05, 4.69) is 5.10 Å². The molecule has 5 nitrogen and oxygen atoms in total. The summed E-state index contributed by atoms with van der Waals surface area (Å²) in [7, 11) is 0. The van der Waals surface area contributed by atoms with E-state index < -0.39 is 48.6 Å². The summed E-state index contributed by atoms with van der Waals surface area (Å²) in [6.07, 6.45) is -12.6. The van der Waals surface area contributed by atoms with Gasteiger partial charge in [0.25, 0.3) is 0 Å². The molecule has 0 bridgehead atoms. The minimum Gasteiger partial charge on any atom is -0.382 e. The molecule has 200 valence electrons. The van der Waals surface area contributed by atoms with Crippen molar-refractivity contribution in [2.24, 2.45) is 0 Å². The molecule has 3 aromatic carbocycles. The standard InChI is InChI=1S/C25H17ClF7N3O2/c26-17-7-5-15(6-8-17)22-34-36(23(38)35(22)13-21(37)25(31,32)33)12-14-9-16(11-18(27)10-14)19-3-1-2-4-20(19)24(28,29)30/h1-11,21,37H,12-13H2/t21-/m0/s1. The van der Waals surface area contributed by atoms with E-state index in [4.69, 9.17) is 11.6 Å². The summed E-state index contributed by atoms with van der Waals surface area (Å²) in [4.78, 5) is 13.0. The van der Waals surface area contributed by atoms with Gasteiger partial charge in [0.15, 0.2) is 11.9 Å². The van der Waals surface area contributed by atoms with Crippen LogP contribution in [-0.4, -0.2) is 31.7 Å². The lowest BCUT2D eigenvalue weighted by molar-refractivity contribution is -0.207. The van der Waals surface area contributed by atoms with Crippen LogP contribution in [0.5, 0.6) is 0 Å². The van der Waals surface area contributed by atoms with Crippen molar-refractivity contribution in [3.05, 3.63) is 99.2 Å². The minimum absolute atomic E-state index is 0.0303. The lowest BCUT2D eigenvalue weighted by atomic mass is 9.97. The molecule has 4 aromatic rings. The molecule has 0 fully saturated rings. The molecule has 0 unspecified atom stereocenters. The van der Waals surface area contributed by atoms with Crippen LogP contribution in [0.4, 0.5) is 30.7 Å². The average molecular weight is 560 g/mol. The first kappa shape index (κ1) is 27.4. The van der Waals surface area contributed by atoms with Crippen LogP contribution in [0.25, 0.3) is 22.5 Å². The zero-order valence-electron chi connectivity index (χ0n) is 19.1. The molecule has 0 aliphatic heterocycles. The third-order valence-electron chi connectivity index (χ3n) is 5.59. The van der Waals surface area contributed by atoms with Crippen LogP contribution in [0.1, 0.15) is 11.1 Å². The van der Waals surface area contributed by atoms with E-state index in [9.17, 15) is 40.6 Å². The van der Waals surface area contributed by atoms with Crippen LogP contribution in [0, 0.1) is 5.82 Å². The first-order valence-corrected chi connectivity index (χ1v) is 11.3. The van der Waals surface area contributed by atoms with Crippen LogP contribution >= 0.6 is 11.6 Å². The molecule has 0 saturated heterocycles. The highest BCUT2D eigenvalue weighted by Gasteiger charge is 2.39. The maximum atomic E-state index is 14.5. The summed E-state index contributed by atoms with van der Waals surface area (Å²) in [5.41, 5.74) is -2.23. The van der Waals surface area contributed by atoms with Gasteiger partial charge in [0.1, 0.15) is 5.82 Å². The van der Waals surface area contributed by atoms with Gasteiger partial charge in [-0.25, -0.2) is 13.9 Å².